The van der Waals surface area contributed by atoms with Crippen molar-refractivity contribution in [2.24, 2.45) is 0 Å². The molecule has 0 radical (unpaired) electrons. The third kappa shape index (κ3) is 3.22. The predicted octanol–water partition coefficient (Wildman–Crippen LogP) is 4.18. The lowest BCUT2D eigenvalue weighted by molar-refractivity contribution is -0.142. The Bertz CT molecular complexity index is 1140. The van der Waals surface area contributed by atoms with Crippen molar-refractivity contribution in [3.63, 3.8) is 0 Å². The molecule has 0 saturated heterocycles. The fraction of sp³-hybridized carbons (Fsp3) is 0.118. The average Bonchev–Trinajstić information content (AvgIpc) is 3.40. The standard InChI is InChI=1S/C17H10ClF3N4O3/c18-13-14(16(26)22-8-9-3-1-5-27-9)24-25-12(17(19,20)21)7-10(23-15(13)25)11-4-2-6-28-11/h1-7H,8H2,(H,22,26). The summed E-state index contributed by atoms with van der Waals surface area (Å²) >= 11 is 6.14. The fourth-order valence-electron chi connectivity index (χ4n) is 2.55. The number of hydrogen-bond acceptors (Lipinski definition) is 5. The van der Waals surface area contributed by atoms with Crippen molar-refractivity contribution in [3.8, 4) is 11.5 Å². The van der Waals surface area contributed by atoms with Crippen LogP contribution in [0.15, 0.2) is 51.7 Å². The second-order valence-electron chi connectivity index (χ2n) is 5.66. The van der Waals surface area contributed by atoms with Crippen LogP contribution in [0.25, 0.3) is 17.1 Å². The fourth-order valence-corrected chi connectivity index (χ4v) is 2.80. The lowest BCUT2D eigenvalue weighted by Gasteiger charge is -2.09. The van der Waals surface area contributed by atoms with Crippen molar-refractivity contribution < 1.29 is 26.8 Å². The highest BCUT2D eigenvalue weighted by atomic mass is 35.5. The van der Waals surface area contributed by atoms with Gasteiger partial charge in [-0.1, -0.05) is 11.6 Å². The van der Waals surface area contributed by atoms with Gasteiger partial charge in [-0.15, -0.1) is 0 Å². The summed E-state index contributed by atoms with van der Waals surface area (Å²) in [7, 11) is 0. The molecule has 0 aromatic carbocycles. The summed E-state index contributed by atoms with van der Waals surface area (Å²) in [6.07, 6.45) is -2.03. The number of carbonyl (C=O) groups excluding carboxylic acids is 1. The molecule has 4 aromatic heterocycles. The molecule has 1 N–H and O–H groups in total. The lowest BCUT2D eigenvalue weighted by Crippen LogP contribution is -2.23. The smallest absolute Gasteiger partial charge is 0.433 e. The Morgan fingerprint density at radius 2 is 1.96 bits per heavy atom. The summed E-state index contributed by atoms with van der Waals surface area (Å²) in [5.41, 5.74) is -1.93. The highest BCUT2D eigenvalue weighted by molar-refractivity contribution is 6.36. The summed E-state index contributed by atoms with van der Waals surface area (Å²) in [4.78, 5) is 16.4. The number of nitrogens with one attached hydrogen (secondary N) is 1. The lowest BCUT2D eigenvalue weighted by atomic mass is 10.2. The van der Waals surface area contributed by atoms with Crippen molar-refractivity contribution in [1.82, 2.24) is 19.9 Å². The van der Waals surface area contributed by atoms with E-state index in [1.54, 1.807) is 12.1 Å². The van der Waals surface area contributed by atoms with E-state index in [1.807, 2.05) is 0 Å². The van der Waals surface area contributed by atoms with Crippen LogP contribution in [-0.4, -0.2) is 20.5 Å². The minimum Gasteiger partial charge on any atom is -0.467 e. The van der Waals surface area contributed by atoms with Crippen LogP contribution in [-0.2, 0) is 12.7 Å². The molecule has 28 heavy (non-hydrogen) atoms. The molecule has 7 nitrogen and oxygen atoms in total. The van der Waals surface area contributed by atoms with Crippen molar-refractivity contribution >= 4 is 23.2 Å². The molecule has 4 heterocycles. The Morgan fingerprint density at radius 3 is 2.61 bits per heavy atom. The SMILES string of the molecule is O=C(NCc1ccco1)c1nn2c(C(F)(F)F)cc(-c3ccco3)nc2c1Cl. The van der Waals surface area contributed by atoms with Crippen LogP contribution in [0.4, 0.5) is 13.2 Å². The van der Waals surface area contributed by atoms with Gasteiger partial charge in [-0.05, 0) is 30.3 Å². The van der Waals surface area contributed by atoms with E-state index in [-0.39, 0.29) is 34.4 Å². The third-order valence-electron chi connectivity index (χ3n) is 3.82. The Kier molecular flexibility index (Phi) is 4.34. The van der Waals surface area contributed by atoms with E-state index in [2.05, 4.69) is 15.4 Å². The van der Waals surface area contributed by atoms with Gasteiger partial charge >= 0.3 is 6.18 Å². The second-order valence-corrected chi connectivity index (χ2v) is 6.04. The topological polar surface area (TPSA) is 85.6 Å². The molecule has 0 unspecified atom stereocenters. The van der Waals surface area contributed by atoms with Crippen molar-refractivity contribution in [2.45, 2.75) is 12.7 Å². The molecule has 4 aromatic rings. The Hall–Kier alpha value is -3.27. The Labute approximate surface area is 159 Å². The Balaban J connectivity index is 1.79. The number of furan rings is 2. The van der Waals surface area contributed by atoms with Gasteiger partial charge in [0.2, 0.25) is 0 Å². The molecule has 4 rings (SSSR count). The number of carbonyl (C=O) groups is 1. The van der Waals surface area contributed by atoms with Gasteiger partial charge in [0.1, 0.15) is 16.5 Å². The van der Waals surface area contributed by atoms with Gasteiger partial charge in [-0.2, -0.15) is 18.3 Å². The van der Waals surface area contributed by atoms with E-state index >= 15 is 0 Å². The zero-order chi connectivity index (χ0) is 19.9. The van der Waals surface area contributed by atoms with E-state index in [0.29, 0.717) is 10.3 Å². The maximum Gasteiger partial charge on any atom is 0.433 e. The molecule has 0 atom stereocenters. The second kappa shape index (κ2) is 6.71. The van der Waals surface area contributed by atoms with Crippen molar-refractivity contribution in [1.29, 1.82) is 0 Å². The molecule has 0 aliphatic carbocycles. The highest BCUT2D eigenvalue weighted by Gasteiger charge is 2.37. The molecule has 0 aliphatic rings. The number of alkyl halides is 3. The minimum atomic E-state index is -4.76. The quantitative estimate of drug-likeness (QED) is 0.545. The molecular weight excluding hydrogens is 401 g/mol. The highest BCUT2D eigenvalue weighted by Crippen LogP contribution is 2.34. The summed E-state index contributed by atoms with van der Waals surface area (Å²) in [6.45, 7) is 0.0211. The molecule has 1 amide bonds. The normalized spacial score (nSPS) is 11.9. The number of halogens is 4. The number of fused-ring (bicyclic) bond motifs is 1. The molecule has 0 saturated carbocycles. The zero-order valence-corrected chi connectivity index (χ0v) is 14.6. The zero-order valence-electron chi connectivity index (χ0n) is 13.8. The van der Waals surface area contributed by atoms with Gasteiger partial charge in [-0.25, -0.2) is 9.50 Å². The predicted molar refractivity (Wildman–Crippen MR) is 90.6 cm³/mol. The monoisotopic (exact) mass is 410 g/mol. The minimum absolute atomic E-state index is 0.0211. The molecule has 11 heteroatoms. The van der Waals surface area contributed by atoms with Crippen LogP contribution >= 0.6 is 11.6 Å². The summed E-state index contributed by atoms with van der Waals surface area (Å²) in [5.74, 6) is -0.184. The van der Waals surface area contributed by atoms with Gasteiger partial charge in [0, 0.05) is 0 Å². The summed E-state index contributed by atoms with van der Waals surface area (Å²) < 4.78 is 51.3. The number of amides is 1. The first-order chi connectivity index (χ1) is 13.3. The number of hydrogen-bond donors (Lipinski definition) is 1. The van der Waals surface area contributed by atoms with Gasteiger partial charge in [0.05, 0.1) is 19.1 Å². The van der Waals surface area contributed by atoms with Gasteiger partial charge in [-0.3, -0.25) is 4.79 Å². The van der Waals surface area contributed by atoms with Crippen LogP contribution in [0.5, 0.6) is 0 Å². The van der Waals surface area contributed by atoms with Crippen LogP contribution in [0, 0.1) is 0 Å². The molecule has 0 fully saturated rings. The third-order valence-corrected chi connectivity index (χ3v) is 4.16. The molecule has 0 bridgehead atoms. The number of rotatable bonds is 4. The molecular formula is C17H10ClF3N4O3. The van der Waals surface area contributed by atoms with Gasteiger partial charge in [0.25, 0.3) is 5.91 Å². The van der Waals surface area contributed by atoms with E-state index in [0.717, 1.165) is 6.07 Å². The number of aromatic nitrogens is 3. The van der Waals surface area contributed by atoms with Crippen LogP contribution in [0.3, 0.4) is 0 Å². The van der Waals surface area contributed by atoms with Crippen molar-refractivity contribution in [2.75, 3.05) is 0 Å². The van der Waals surface area contributed by atoms with E-state index in [1.165, 1.54) is 24.7 Å². The van der Waals surface area contributed by atoms with E-state index in [4.69, 9.17) is 20.4 Å². The maximum absolute atomic E-state index is 13.5. The van der Waals surface area contributed by atoms with Crippen LogP contribution in [0.1, 0.15) is 21.9 Å². The first kappa shape index (κ1) is 18.1. The van der Waals surface area contributed by atoms with Crippen LogP contribution < -0.4 is 5.32 Å². The van der Waals surface area contributed by atoms with Gasteiger partial charge in [0.15, 0.2) is 22.8 Å². The van der Waals surface area contributed by atoms with Crippen molar-refractivity contribution in [3.05, 3.63) is 65.0 Å². The first-order valence-electron chi connectivity index (χ1n) is 7.85. The van der Waals surface area contributed by atoms with E-state index < -0.39 is 17.8 Å². The average molecular weight is 411 g/mol. The number of nitrogens with zero attached hydrogens (tertiary/aromatic N) is 3. The first-order valence-corrected chi connectivity index (χ1v) is 8.23. The largest absolute Gasteiger partial charge is 0.467 e. The Morgan fingerprint density at radius 1 is 1.21 bits per heavy atom. The van der Waals surface area contributed by atoms with E-state index in [9.17, 15) is 18.0 Å². The summed E-state index contributed by atoms with van der Waals surface area (Å²) in [5, 5.41) is 5.90. The van der Waals surface area contributed by atoms with Gasteiger partial charge < -0.3 is 14.2 Å². The molecule has 0 aliphatic heterocycles. The summed E-state index contributed by atoms with van der Waals surface area (Å²) in [6, 6.07) is 7.01. The molecule has 144 valence electrons. The molecule has 0 spiro atoms. The maximum atomic E-state index is 13.5. The van der Waals surface area contributed by atoms with Crippen LogP contribution in [0.2, 0.25) is 5.02 Å².